The van der Waals surface area contributed by atoms with Crippen molar-refractivity contribution in [2.75, 3.05) is 6.54 Å². The lowest BCUT2D eigenvalue weighted by Gasteiger charge is -2.18. The van der Waals surface area contributed by atoms with Crippen molar-refractivity contribution in [1.82, 2.24) is 9.62 Å². The van der Waals surface area contributed by atoms with Crippen LogP contribution in [0.15, 0.2) is 76.0 Å². The molecular weight excluding hydrogens is 553 g/mol. The van der Waals surface area contributed by atoms with Crippen LogP contribution >= 0.6 is 0 Å². The number of nitrogens with zero attached hydrogens (tertiary/aromatic N) is 1. The van der Waals surface area contributed by atoms with Gasteiger partial charge in [-0.3, -0.25) is 10.2 Å². The maximum Gasteiger partial charge on any atom is 0.490 e. The molecule has 210 valence electrons. The smallest absolute Gasteiger partial charge is 0.475 e. The summed E-state index contributed by atoms with van der Waals surface area (Å²) in [7, 11) is -3.83. The number of nitrogens with two attached hydrogens (primary N) is 1. The standard InChI is InChI=1S/C24H22N4O4S.C2HF3O2/c25-24(26)16-5-3-4-15(10-16)13-28-14-17(11-23(28)29)27-33(30,31)18-8-9-22-20(12-18)19-6-1-2-7-21(19)32-22;3-2(4,5)1(6)7/h1-10,12,17,27H,11,13-14H2,(H3,25,26);(H,6,7). The van der Waals surface area contributed by atoms with Crippen LogP contribution in [0.25, 0.3) is 21.9 Å². The van der Waals surface area contributed by atoms with Gasteiger partial charge in [0.05, 0.1) is 4.90 Å². The van der Waals surface area contributed by atoms with Crippen LogP contribution in [0.4, 0.5) is 13.2 Å². The number of rotatable bonds is 6. The van der Waals surface area contributed by atoms with Gasteiger partial charge < -0.3 is 20.2 Å². The Morgan fingerprint density at radius 2 is 1.75 bits per heavy atom. The number of carboxylic acids is 1. The number of amides is 1. The normalized spacial score (nSPS) is 15.7. The van der Waals surface area contributed by atoms with E-state index in [1.807, 2.05) is 30.3 Å². The molecule has 0 spiro atoms. The molecule has 0 bridgehead atoms. The summed E-state index contributed by atoms with van der Waals surface area (Å²) < 4.78 is 66.3. The number of para-hydroxylation sites is 1. The molecule has 4 aromatic rings. The third-order valence-corrected chi connectivity index (χ3v) is 7.57. The Balaban J connectivity index is 0.000000470. The summed E-state index contributed by atoms with van der Waals surface area (Å²) in [4.78, 5) is 23.2. The number of nitrogen functional groups attached to an aromatic ring is 1. The summed E-state index contributed by atoms with van der Waals surface area (Å²) in [6.07, 6.45) is -5.00. The number of carboxylic acid groups (broad SMARTS) is 1. The predicted molar refractivity (Wildman–Crippen MR) is 139 cm³/mol. The average Bonchev–Trinajstić information content (AvgIpc) is 3.42. The van der Waals surface area contributed by atoms with Crippen molar-refractivity contribution in [2.45, 2.75) is 30.1 Å². The van der Waals surface area contributed by atoms with Gasteiger partial charge in [-0.05, 0) is 35.9 Å². The molecule has 40 heavy (non-hydrogen) atoms. The summed E-state index contributed by atoms with van der Waals surface area (Å²) in [6, 6.07) is 18.8. The van der Waals surface area contributed by atoms with E-state index < -0.39 is 28.2 Å². The van der Waals surface area contributed by atoms with Gasteiger partial charge in [-0.1, -0.05) is 36.4 Å². The number of carbonyl (C=O) groups excluding carboxylic acids is 1. The van der Waals surface area contributed by atoms with Gasteiger partial charge in [0.15, 0.2) is 0 Å². The minimum atomic E-state index is -5.08. The van der Waals surface area contributed by atoms with Gasteiger partial charge in [-0.2, -0.15) is 13.2 Å². The fraction of sp³-hybridized carbons (Fsp3) is 0.192. The first-order valence-electron chi connectivity index (χ1n) is 11.7. The maximum atomic E-state index is 13.1. The van der Waals surface area contributed by atoms with Gasteiger partial charge in [0, 0.05) is 41.9 Å². The Hall–Kier alpha value is -4.43. The molecule has 0 radical (unpaired) electrons. The highest BCUT2D eigenvalue weighted by molar-refractivity contribution is 7.89. The van der Waals surface area contributed by atoms with E-state index in [2.05, 4.69) is 4.72 Å². The van der Waals surface area contributed by atoms with Crippen LogP contribution in [-0.4, -0.2) is 54.9 Å². The number of carbonyl (C=O) groups is 2. The van der Waals surface area contributed by atoms with Crippen LogP contribution in [0.1, 0.15) is 17.5 Å². The molecular formula is C26H23F3N4O6S. The van der Waals surface area contributed by atoms with Gasteiger partial charge in [-0.15, -0.1) is 0 Å². The number of halogens is 3. The van der Waals surface area contributed by atoms with Crippen molar-refractivity contribution in [3.63, 3.8) is 0 Å². The van der Waals surface area contributed by atoms with Crippen LogP contribution in [-0.2, 0) is 26.2 Å². The van der Waals surface area contributed by atoms with E-state index >= 15 is 0 Å². The Bertz CT molecular complexity index is 1720. The summed E-state index contributed by atoms with van der Waals surface area (Å²) in [5, 5.41) is 16.3. The Kier molecular flexibility index (Phi) is 7.84. The van der Waals surface area contributed by atoms with Gasteiger partial charge in [0.1, 0.15) is 17.0 Å². The highest BCUT2D eigenvalue weighted by Crippen LogP contribution is 2.30. The lowest BCUT2D eigenvalue weighted by molar-refractivity contribution is -0.192. The zero-order chi connectivity index (χ0) is 29.2. The maximum absolute atomic E-state index is 13.1. The highest BCUT2D eigenvalue weighted by Gasteiger charge is 2.38. The summed E-state index contributed by atoms with van der Waals surface area (Å²) in [6.45, 7) is 0.588. The number of amidine groups is 1. The van der Waals surface area contributed by atoms with Crippen molar-refractivity contribution in [3.05, 3.63) is 77.9 Å². The molecule has 1 aliphatic heterocycles. The lowest BCUT2D eigenvalue weighted by atomic mass is 10.1. The summed E-state index contributed by atoms with van der Waals surface area (Å²) in [5.74, 6) is -2.93. The minimum absolute atomic E-state index is 0.0439. The number of likely N-dealkylation sites (tertiary alicyclic amines) is 1. The summed E-state index contributed by atoms with van der Waals surface area (Å²) >= 11 is 0. The molecule has 5 rings (SSSR count). The molecule has 5 N–H and O–H groups in total. The van der Waals surface area contributed by atoms with E-state index in [4.69, 9.17) is 25.5 Å². The molecule has 2 heterocycles. The first-order chi connectivity index (χ1) is 18.7. The minimum Gasteiger partial charge on any atom is -0.475 e. The number of sulfonamides is 1. The highest BCUT2D eigenvalue weighted by atomic mass is 32.2. The fourth-order valence-electron chi connectivity index (χ4n) is 4.22. The Morgan fingerprint density at radius 3 is 2.42 bits per heavy atom. The molecule has 3 aromatic carbocycles. The number of alkyl halides is 3. The SMILES string of the molecule is N=C(N)c1cccc(CN2CC(NS(=O)(=O)c3ccc4oc5ccccc5c4c3)CC2=O)c1.O=C(O)C(F)(F)F. The molecule has 1 aromatic heterocycles. The van der Waals surface area contributed by atoms with Crippen LogP contribution in [0.5, 0.6) is 0 Å². The molecule has 14 heteroatoms. The second-order valence-corrected chi connectivity index (χ2v) is 10.7. The quantitative estimate of drug-likeness (QED) is 0.201. The van der Waals surface area contributed by atoms with Gasteiger partial charge in [0.2, 0.25) is 15.9 Å². The molecule has 10 nitrogen and oxygen atoms in total. The van der Waals surface area contributed by atoms with E-state index in [1.165, 1.54) is 6.07 Å². The van der Waals surface area contributed by atoms with E-state index in [-0.39, 0.29) is 29.6 Å². The number of hydrogen-bond donors (Lipinski definition) is 4. The van der Waals surface area contributed by atoms with Crippen LogP contribution < -0.4 is 10.5 Å². The third kappa shape index (κ3) is 6.40. The largest absolute Gasteiger partial charge is 0.490 e. The first kappa shape index (κ1) is 28.6. The number of benzene rings is 3. The molecule has 1 fully saturated rings. The van der Waals surface area contributed by atoms with Gasteiger partial charge in [-0.25, -0.2) is 17.9 Å². The second kappa shape index (κ2) is 11.0. The number of hydrogen-bond acceptors (Lipinski definition) is 6. The Morgan fingerprint density at radius 1 is 1.07 bits per heavy atom. The fourth-order valence-corrected chi connectivity index (χ4v) is 5.47. The number of fused-ring (bicyclic) bond motifs is 3. The van der Waals surface area contributed by atoms with Crippen molar-refractivity contribution in [2.24, 2.45) is 5.73 Å². The van der Waals surface area contributed by atoms with E-state index in [9.17, 15) is 26.4 Å². The van der Waals surface area contributed by atoms with Gasteiger partial charge >= 0.3 is 12.1 Å². The second-order valence-electron chi connectivity index (χ2n) is 8.97. The number of furan rings is 1. The average molecular weight is 577 g/mol. The molecule has 1 saturated heterocycles. The predicted octanol–water partition coefficient (Wildman–Crippen LogP) is 3.58. The van der Waals surface area contributed by atoms with E-state index in [0.717, 1.165) is 16.3 Å². The first-order valence-corrected chi connectivity index (χ1v) is 13.2. The number of aliphatic carboxylic acids is 1. The van der Waals surface area contributed by atoms with Crippen molar-refractivity contribution in [1.29, 1.82) is 5.41 Å². The molecule has 1 unspecified atom stereocenters. The van der Waals surface area contributed by atoms with Crippen LogP contribution in [0, 0.1) is 5.41 Å². The van der Waals surface area contributed by atoms with Crippen molar-refractivity contribution >= 4 is 49.7 Å². The van der Waals surface area contributed by atoms with Crippen molar-refractivity contribution in [3.8, 4) is 0 Å². The van der Waals surface area contributed by atoms with Crippen molar-refractivity contribution < 1.29 is 40.7 Å². The summed E-state index contributed by atoms with van der Waals surface area (Å²) in [5.41, 5.74) is 8.27. The topological polar surface area (TPSA) is 167 Å². The molecule has 1 atom stereocenters. The third-order valence-electron chi connectivity index (χ3n) is 6.05. The monoisotopic (exact) mass is 576 g/mol. The van der Waals surface area contributed by atoms with Gasteiger partial charge in [0.25, 0.3) is 0 Å². The van der Waals surface area contributed by atoms with Crippen LogP contribution in [0.2, 0.25) is 0 Å². The molecule has 1 aliphatic rings. The zero-order valence-corrected chi connectivity index (χ0v) is 21.4. The van der Waals surface area contributed by atoms with E-state index in [0.29, 0.717) is 23.3 Å². The molecule has 0 saturated carbocycles. The molecule has 0 aliphatic carbocycles. The Labute approximate surface area is 225 Å². The van der Waals surface area contributed by atoms with Crippen LogP contribution in [0.3, 0.4) is 0 Å². The zero-order valence-electron chi connectivity index (χ0n) is 20.6. The number of nitrogens with one attached hydrogen (secondary N) is 2. The molecule has 1 amide bonds. The lowest BCUT2D eigenvalue weighted by Crippen LogP contribution is -2.37. The van der Waals surface area contributed by atoms with E-state index in [1.54, 1.807) is 35.2 Å².